The van der Waals surface area contributed by atoms with Crippen molar-refractivity contribution >= 4 is 17.7 Å². The largest absolute Gasteiger partial charge is 0.468 e. The van der Waals surface area contributed by atoms with Crippen LogP contribution in [0.3, 0.4) is 0 Å². The van der Waals surface area contributed by atoms with Crippen LogP contribution in [-0.2, 0) is 9.53 Å². The fourth-order valence-electron chi connectivity index (χ4n) is 1.96. The van der Waals surface area contributed by atoms with Crippen LogP contribution in [0.15, 0.2) is 0 Å². The van der Waals surface area contributed by atoms with Gasteiger partial charge in [-0.3, -0.25) is 10.1 Å². The number of ether oxygens (including phenoxy) is 1. The number of rotatable bonds is 3. The normalized spacial score (nSPS) is 32.2. The van der Waals surface area contributed by atoms with Crippen LogP contribution in [0, 0.1) is 0 Å². The van der Waals surface area contributed by atoms with Crippen molar-refractivity contribution in [2.45, 2.75) is 44.0 Å². The van der Waals surface area contributed by atoms with Crippen LogP contribution in [0.25, 0.3) is 0 Å². The van der Waals surface area contributed by atoms with Gasteiger partial charge in [0.25, 0.3) is 0 Å². The van der Waals surface area contributed by atoms with E-state index < -0.39 is 5.54 Å². The Kier molecular flexibility index (Phi) is 3.84. The van der Waals surface area contributed by atoms with Gasteiger partial charge in [0, 0.05) is 11.3 Å². The molecule has 1 heterocycles. The molecule has 82 valence electrons. The topological polar surface area (TPSA) is 38.3 Å². The van der Waals surface area contributed by atoms with E-state index in [4.69, 9.17) is 4.74 Å². The highest BCUT2D eigenvalue weighted by Crippen LogP contribution is 2.36. The molecule has 1 aliphatic heterocycles. The van der Waals surface area contributed by atoms with E-state index >= 15 is 0 Å². The van der Waals surface area contributed by atoms with Crippen molar-refractivity contribution < 1.29 is 9.53 Å². The summed E-state index contributed by atoms with van der Waals surface area (Å²) in [6.07, 6.45) is 0.865. The van der Waals surface area contributed by atoms with E-state index in [-0.39, 0.29) is 11.2 Å². The smallest absolute Gasteiger partial charge is 0.327 e. The lowest BCUT2D eigenvalue weighted by atomic mass is 9.92. The first kappa shape index (κ1) is 11.9. The average molecular weight is 217 g/mol. The molecule has 0 radical (unpaired) electrons. The van der Waals surface area contributed by atoms with Crippen molar-refractivity contribution in [3.05, 3.63) is 0 Å². The van der Waals surface area contributed by atoms with Gasteiger partial charge in [-0.25, -0.2) is 0 Å². The first-order valence-corrected chi connectivity index (χ1v) is 6.05. The molecular formula is C10H19NO2S. The number of carbonyl (C=O) groups excluding carboxylic acids is 1. The Hall–Kier alpha value is -0.220. The summed E-state index contributed by atoms with van der Waals surface area (Å²) in [6.45, 7) is 6.20. The lowest BCUT2D eigenvalue weighted by molar-refractivity contribution is -0.148. The van der Waals surface area contributed by atoms with Crippen LogP contribution in [-0.4, -0.2) is 35.7 Å². The van der Waals surface area contributed by atoms with Crippen molar-refractivity contribution in [3.8, 4) is 0 Å². The lowest BCUT2D eigenvalue weighted by Gasteiger charge is -2.33. The van der Waals surface area contributed by atoms with E-state index in [0.717, 1.165) is 12.2 Å². The monoisotopic (exact) mass is 217 g/mol. The van der Waals surface area contributed by atoms with Gasteiger partial charge in [-0.15, -0.1) is 0 Å². The second-order valence-corrected chi connectivity index (χ2v) is 5.47. The maximum absolute atomic E-state index is 11.8. The van der Waals surface area contributed by atoms with Gasteiger partial charge in [-0.05, 0) is 26.0 Å². The second-order valence-electron chi connectivity index (χ2n) is 4.02. The number of esters is 1. The zero-order chi connectivity index (χ0) is 10.8. The van der Waals surface area contributed by atoms with Crippen molar-refractivity contribution in [3.63, 3.8) is 0 Å². The Morgan fingerprint density at radius 1 is 1.64 bits per heavy atom. The Morgan fingerprint density at radius 3 is 2.64 bits per heavy atom. The van der Waals surface area contributed by atoms with Crippen LogP contribution in [0.5, 0.6) is 0 Å². The third-order valence-electron chi connectivity index (χ3n) is 2.65. The van der Waals surface area contributed by atoms with E-state index in [2.05, 4.69) is 26.1 Å². The summed E-state index contributed by atoms with van der Waals surface area (Å²) in [5.74, 6) is 0.902. The standard InChI is InChI=1S/C10H19NO2S/c1-7(2)11-10(9(12)13-4)5-6-14-8(10)3/h7-8,11H,5-6H2,1-4H3. The summed E-state index contributed by atoms with van der Waals surface area (Å²) in [5.41, 5.74) is -0.465. The molecule has 3 nitrogen and oxygen atoms in total. The highest BCUT2D eigenvalue weighted by molar-refractivity contribution is 8.00. The minimum absolute atomic E-state index is 0.122. The molecule has 0 aliphatic carbocycles. The minimum atomic E-state index is -0.465. The molecule has 0 bridgehead atoms. The van der Waals surface area contributed by atoms with E-state index in [9.17, 15) is 4.79 Å². The van der Waals surface area contributed by atoms with E-state index in [1.807, 2.05) is 11.8 Å². The van der Waals surface area contributed by atoms with Crippen molar-refractivity contribution in [2.24, 2.45) is 0 Å². The minimum Gasteiger partial charge on any atom is -0.468 e. The van der Waals surface area contributed by atoms with Crippen LogP contribution in [0.1, 0.15) is 27.2 Å². The number of hydrogen-bond donors (Lipinski definition) is 1. The molecular weight excluding hydrogens is 198 g/mol. The molecule has 4 heteroatoms. The lowest BCUT2D eigenvalue weighted by Crippen LogP contribution is -2.58. The van der Waals surface area contributed by atoms with Gasteiger partial charge in [-0.1, -0.05) is 6.92 Å². The average Bonchev–Trinajstić information content (AvgIpc) is 2.47. The summed E-state index contributed by atoms with van der Waals surface area (Å²) in [7, 11) is 1.46. The number of nitrogens with one attached hydrogen (secondary N) is 1. The third kappa shape index (κ3) is 2.06. The number of thioether (sulfide) groups is 1. The van der Waals surface area contributed by atoms with Crippen molar-refractivity contribution in [2.75, 3.05) is 12.9 Å². The Morgan fingerprint density at radius 2 is 2.29 bits per heavy atom. The highest BCUT2D eigenvalue weighted by atomic mass is 32.2. The summed E-state index contributed by atoms with van der Waals surface area (Å²) in [4.78, 5) is 11.8. The molecule has 0 aromatic rings. The molecule has 1 N–H and O–H groups in total. The Labute approximate surface area is 90.0 Å². The van der Waals surface area contributed by atoms with E-state index in [1.54, 1.807) is 0 Å². The third-order valence-corrected chi connectivity index (χ3v) is 4.00. The van der Waals surface area contributed by atoms with Crippen LogP contribution < -0.4 is 5.32 Å². The first-order valence-electron chi connectivity index (χ1n) is 5.00. The molecule has 0 aromatic carbocycles. The zero-order valence-corrected chi connectivity index (χ0v) is 10.1. The van der Waals surface area contributed by atoms with Gasteiger partial charge in [-0.2, -0.15) is 11.8 Å². The van der Waals surface area contributed by atoms with Gasteiger partial charge in [0.15, 0.2) is 0 Å². The number of methoxy groups -OCH3 is 1. The molecule has 1 rings (SSSR count). The Balaban J connectivity index is 2.83. The van der Waals surface area contributed by atoms with Gasteiger partial charge in [0.1, 0.15) is 5.54 Å². The fourth-order valence-corrected chi connectivity index (χ4v) is 3.32. The van der Waals surface area contributed by atoms with Crippen LogP contribution >= 0.6 is 11.8 Å². The van der Waals surface area contributed by atoms with Gasteiger partial charge in [0.05, 0.1) is 7.11 Å². The molecule has 1 fully saturated rings. The van der Waals surface area contributed by atoms with Gasteiger partial charge >= 0.3 is 5.97 Å². The fraction of sp³-hybridized carbons (Fsp3) is 0.900. The SMILES string of the molecule is COC(=O)C1(NC(C)C)CCSC1C. The van der Waals surface area contributed by atoms with Gasteiger partial charge in [0.2, 0.25) is 0 Å². The maximum atomic E-state index is 11.8. The van der Waals surface area contributed by atoms with Crippen LogP contribution in [0.2, 0.25) is 0 Å². The van der Waals surface area contributed by atoms with E-state index in [0.29, 0.717) is 6.04 Å². The molecule has 0 amide bonds. The maximum Gasteiger partial charge on any atom is 0.327 e. The highest BCUT2D eigenvalue weighted by Gasteiger charge is 2.48. The summed E-state index contributed by atoms with van der Waals surface area (Å²) < 4.78 is 4.89. The first-order chi connectivity index (χ1) is 6.53. The molecule has 2 atom stereocenters. The summed E-state index contributed by atoms with van der Waals surface area (Å²) in [6, 6.07) is 0.301. The Bertz CT molecular complexity index is 220. The quantitative estimate of drug-likeness (QED) is 0.726. The molecule has 14 heavy (non-hydrogen) atoms. The molecule has 1 saturated heterocycles. The van der Waals surface area contributed by atoms with E-state index in [1.165, 1.54) is 7.11 Å². The predicted molar refractivity (Wildman–Crippen MR) is 59.6 cm³/mol. The summed E-state index contributed by atoms with van der Waals surface area (Å²) in [5, 5.41) is 3.65. The van der Waals surface area contributed by atoms with Crippen LogP contribution in [0.4, 0.5) is 0 Å². The second kappa shape index (κ2) is 4.53. The number of carbonyl (C=O) groups is 1. The molecule has 0 saturated carbocycles. The number of hydrogen-bond acceptors (Lipinski definition) is 4. The summed E-state index contributed by atoms with van der Waals surface area (Å²) >= 11 is 1.83. The molecule has 1 aliphatic rings. The molecule has 0 spiro atoms. The van der Waals surface area contributed by atoms with Crippen molar-refractivity contribution in [1.82, 2.24) is 5.32 Å². The van der Waals surface area contributed by atoms with Crippen molar-refractivity contribution in [1.29, 1.82) is 0 Å². The van der Waals surface area contributed by atoms with Gasteiger partial charge < -0.3 is 4.74 Å². The molecule has 2 unspecified atom stereocenters. The molecule has 0 aromatic heterocycles. The predicted octanol–water partition coefficient (Wildman–Crippen LogP) is 1.42. The zero-order valence-electron chi connectivity index (χ0n) is 9.29.